The molecule has 0 spiro atoms. The zero-order valence-corrected chi connectivity index (χ0v) is 13.6. The molecule has 1 aliphatic heterocycles. The van der Waals surface area contributed by atoms with Crippen LogP contribution in [-0.2, 0) is 0 Å². The quantitative estimate of drug-likeness (QED) is 0.534. The van der Waals surface area contributed by atoms with Gasteiger partial charge in [0.25, 0.3) is 0 Å². The zero-order valence-electron chi connectivity index (χ0n) is 13.6. The van der Waals surface area contributed by atoms with E-state index >= 15 is 0 Å². The second-order valence-corrected chi connectivity index (χ2v) is 6.07. The van der Waals surface area contributed by atoms with Gasteiger partial charge in [0.2, 0.25) is 0 Å². The number of carbonyl (C=O) groups is 1. The Balaban J connectivity index is 1.79. The van der Waals surface area contributed by atoms with Crippen molar-refractivity contribution in [3.8, 4) is 5.75 Å². The SMILES string of the molecule is CC[NH+]1CC[NH+](C[C@@H](O)COc2ccccc2C(C)=O)CC1. The van der Waals surface area contributed by atoms with Crippen molar-refractivity contribution in [3.05, 3.63) is 29.8 Å². The maximum Gasteiger partial charge on any atom is 0.163 e. The van der Waals surface area contributed by atoms with Gasteiger partial charge >= 0.3 is 0 Å². The predicted molar refractivity (Wildman–Crippen MR) is 84.7 cm³/mol. The van der Waals surface area contributed by atoms with Gasteiger partial charge in [0.15, 0.2) is 5.78 Å². The molecule has 1 aliphatic rings. The largest absolute Gasteiger partial charge is 0.490 e. The Morgan fingerprint density at radius 3 is 2.50 bits per heavy atom. The van der Waals surface area contributed by atoms with E-state index < -0.39 is 6.10 Å². The highest BCUT2D eigenvalue weighted by atomic mass is 16.5. The lowest BCUT2D eigenvalue weighted by Crippen LogP contribution is -3.28. The fourth-order valence-corrected chi connectivity index (χ4v) is 2.98. The number of para-hydroxylation sites is 1. The molecular formula is C17H28N2O3+2. The summed E-state index contributed by atoms with van der Waals surface area (Å²) in [5.41, 5.74) is 0.571. The van der Waals surface area contributed by atoms with Crippen molar-refractivity contribution in [1.82, 2.24) is 0 Å². The Morgan fingerprint density at radius 1 is 1.23 bits per heavy atom. The molecule has 5 nitrogen and oxygen atoms in total. The van der Waals surface area contributed by atoms with Gasteiger partial charge in [-0.2, -0.15) is 0 Å². The van der Waals surface area contributed by atoms with Crippen LogP contribution in [0.3, 0.4) is 0 Å². The summed E-state index contributed by atoms with van der Waals surface area (Å²) in [4.78, 5) is 14.6. The predicted octanol–water partition coefficient (Wildman–Crippen LogP) is -1.57. The van der Waals surface area contributed by atoms with Crippen molar-refractivity contribution in [2.75, 3.05) is 45.9 Å². The number of ketones is 1. The molecule has 0 aromatic heterocycles. The first-order chi connectivity index (χ1) is 10.6. The molecule has 5 heteroatoms. The number of likely N-dealkylation sites (N-methyl/N-ethyl adjacent to an activating group) is 1. The van der Waals surface area contributed by atoms with E-state index in [2.05, 4.69) is 6.92 Å². The van der Waals surface area contributed by atoms with Gasteiger partial charge < -0.3 is 19.6 Å². The number of quaternary nitrogens is 2. The molecule has 3 N–H and O–H groups in total. The van der Waals surface area contributed by atoms with E-state index in [1.165, 1.54) is 31.5 Å². The number of piperazine rings is 1. The van der Waals surface area contributed by atoms with E-state index in [1.807, 2.05) is 12.1 Å². The first kappa shape index (κ1) is 16.9. The molecule has 1 aromatic rings. The third-order valence-electron chi connectivity index (χ3n) is 4.39. The summed E-state index contributed by atoms with van der Waals surface area (Å²) >= 11 is 0. The number of hydrogen-bond acceptors (Lipinski definition) is 3. The maximum absolute atomic E-state index is 11.5. The molecule has 0 saturated carbocycles. The molecule has 0 bridgehead atoms. The molecule has 1 saturated heterocycles. The van der Waals surface area contributed by atoms with Gasteiger partial charge in [-0.15, -0.1) is 0 Å². The molecule has 2 rings (SSSR count). The lowest BCUT2D eigenvalue weighted by atomic mass is 10.1. The minimum absolute atomic E-state index is 0.0191. The maximum atomic E-state index is 11.5. The summed E-state index contributed by atoms with van der Waals surface area (Å²) in [6, 6.07) is 7.19. The van der Waals surface area contributed by atoms with Crippen molar-refractivity contribution in [2.24, 2.45) is 0 Å². The van der Waals surface area contributed by atoms with Gasteiger partial charge in [-0.3, -0.25) is 4.79 Å². The molecule has 1 fully saturated rings. The van der Waals surface area contributed by atoms with Crippen molar-refractivity contribution in [3.63, 3.8) is 0 Å². The Bertz CT molecular complexity index is 485. The fraction of sp³-hybridized carbons (Fsp3) is 0.588. The molecule has 0 aliphatic carbocycles. The number of ether oxygens (including phenoxy) is 1. The second kappa shape index (κ2) is 8.27. The van der Waals surface area contributed by atoms with E-state index in [0.717, 1.165) is 13.1 Å². The van der Waals surface area contributed by atoms with Crippen LogP contribution in [0.4, 0.5) is 0 Å². The van der Waals surface area contributed by atoms with E-state index in [0.29, 0.717) is 17.9 Å². The molecule has 0 amide bonds. The molecule has 1 atom stereocenters. The number of carbonyl (C=O) groups excluding carboxylic acids is 1. The molecule has 1 aromatic carbocycles. The van der Waals surface area contributed by atoms with Crippen molar-refractivity contribution in [2.45, 2.75) is 20.0 Å². The summed E-state index contributed by atoms with van der Waals surface area (Å²) in [6.07, 6.45) is -0.502. The topological polar surface area (TPSA) is 55.4 Å². The molecule has 1 heterocycles. The van der Waals surface area contributed by atoms with E-state index in [4.69, 9.17) is 4.74 Å². The van der Waals surface area contributed by atoms with E-state index in [1.54, 1.807) is 17.0 Å². The van der Waals surface area contributed by atoms with Crippen LogP contribution in [0.5, 0.6) is 5.75 Å². The first-order valence-electron chi connectivity index (χ1n) is 8.18. The smallest absolute Gasteiger partial charge is 0.163 e. The standard InChI is InChI=1S/C17H26N2O3/c1-3-18-8-10-19(11-9-18)12-15(21)13-22-17-7-5-4-6-16(17)14(2)20/h4-7,15,21H,3,8-13H2,1-2H3/p+2/t15-/m1/s1. The van der Waals surface area contributed by atoms with Crippen LogP contribution in [0.15, 0.2) is 24.3 Å². The molecular weight excluding hydrogens is 280 g/mol. The van der Waals surface area contributed by atoms with Crippen LogP contribution in [0, 0.1) is 0 Å². The van der Waals surface area contributed by atoms with Crippen LogP contribution in [0.25, 0.3) is 0 Å². The number of benzene rings is 1. The minimum Gasteiger partial charge on any atom is -0.490 e. The average Bonchev–Trinajstić information content (AvgIpc) is 2.54. The number of Topliss-reactive ketones (excluding diaryl/α,β-unsaturated/α-hetero) is 1. The minimum atomic E-state index is -0.502. The molecule has 0 radical (unpaired) electrons. The van der Waals surface area contributed by atoms with E-state index in [-0.39, 0.29) is 12.4 Å². The van der Waals surface area contributed by atoms with Gasteiger partial charge in [-0.05, 0) is 26.0 Å². The number of hydrogen-bond donors (Lipinski definition) is 3. The monoisotopic (exact) mass is 308 g/mol. The summed E-state index contributed by atoms with van der Waals surface area (Å²) < 4.78 is 5.65. The average molecular weight is 308 g/mol. The highest BCUT2D eigenvalue weighted by molar-refractivity contribution is 5.96. The van der Waals surface area contributed by atoms with Crippen molar-refractivity contribution < 1.29 is 24.4 Å². The zero-order chi connectivity index (χ0) is 15.9. The summed E-state index contributed by atoms with van der Waals surface area (Å²) in [5, 5.41) is 10.2. The molecule has 122 valence electrons. The Morgan fingerprint density at radius 2 is 1.86 bits per heavy atom. The third-order valence-corrected chi connectivity index (χ3v) is 4.39. The van der Waals surface area contributed by atoms with Gasteiger partial charge in [-0.25, -0.2) is 0 Å². The van der Waals surface area contributed by atoms with Gasteiger partial charge in [0.05, 0.1) is 12.1 Å². The van der Waals surface area contributed by atoms with Crippen molar-refractivity contribution in [1.29, 1.82) is 0 Å². The van der Waals surface area contributed by atoms with Crippen LogP contribution in [0.1, 0.15) is 24.2 Å². The first-order valence-corrected chi connectivity index (χ1v) is 8.18. The Hall–Kier alpha value is -1.43. The highest BCUT2D eigenvalue weighted by Crippen LogP contribution is 2.18. The third kappa shape index (κ3) is 4.80. The fourth-order valence-electron chi connectivity index (χ4n) is 2.98. The van der Waals surface area contributed by atoms with Crippen LogP contribution in [0.2, 0.25) is 0 Å². The Labute approximate surface area is 132 Å². The summed E-state index contributed by atoms with van der Waals surface area (Å²) in [6.45, 7) is 10.4. The normalized spacial score (nSPS) is 23.0. The second-order valence-electron chi connectivity index (χ2n) is 6.07. The number of nitrogens with one attached hydrogen (secondary N) is 2. The van der Waals surface area contributed by atoms with Crippen molar-refractivity contribution >= 4 is 5.78 Å². The lowest BCUT2D eigenvalue weighted by molar-refractivity contribution is -1.01. The number of aliphatic hydroxyl groups excluding tert-OH is 1. The summed E-state index contributed by atoms with van der Waals surface area (Å²) in [5.74, 6) is 0.540. The highest BCUT2D eigenvalue weighted by Gasteiger charge is 2.24. The van der Waals surface area contributed by atoms with Gasteiger partial charge in [0, 0.05) is 0 Å². The van der Waals surface area contributed by atoms with Crippen LogP contribution in [-0.4, -0.2) is 62.9 Å². The lowest BCUT2D eigenvalue weighted by Gasteiger charge is -2.30. The number of aliphatic hydroxyl groups is 1. The Kier molecular flexibility index (Phi) is 6.36. The van der Waals surface area contributed by atoms with Crippen LogP contribution < -0.4 is 14.5 Å². The summed E-state index contributed by atoms with van der Waals surface area (Å²) in [7, 11) is 0. The molecule has 22 heavy (non-hydrogen) atoms. The van der Waals surface area contributed by atoms with Crippen LogP contribution >= 0.6 is 0 Å². The van der Waals surface area contributed by atoms with Gasteiger partial charge in [0.1, 0.15) is 51.2 Å². The number of rotatable bonds is 7. The van der Waals surface area contributed by atoms with E-state index in [9.17, 15) is 9.90 Å². The molecule has 0 unspecified atom stereocenters. The van der Waals surface area contributed by atoms with Gasteiger partial charge in [-0.1, -0.05) is 12.1 Å².